The fourth-order valence-electron chi connectivity index (χ4n) is 1.60. The first-order valence-electron chi connectivity index (χ1n) is 5.58. The zero-order chi connectivity index (χ0) is 14.5. The van der Waals surface area contributed by atoms with E-state index < -0.39 is 11.3 Å². The van der Waals surface area contributed by atoms with E-state index in [0.29, 0.717) is 5.69 Å². The van der Waals surface area contributed by atoms with Gasteiger partial charge in [-0.3, -0.25) is 9.59 Å². The van der Waals surface area contributed by atoms with Gasteiger partial charge < -0.3 is 10.3 Å². The lowest BCUT2D eigenvalue weighted by Gasteiger charge is -2.05. The first-order valence-corrected chi connectivity index (χ1v) is 5.58. The Morgan fingerprint density at radius 2 is 1.90 bits per heavy atom. The number of carbonyl (C=O) groups excluding carboxylic acids is 1. The maximum Gasteiger partial charge on any atom is 0.261 e. The van der Waals surface area contributed by atoms with Gasteiger partial charge in [0.05, 0.1) is 11.1 Å². The van der Waals surface area contributed by atoms with Crippen LogP contribution in [0, 0.1) is 22.7 Å². The minimum absolute atomic E-state index is 0.0321. The summed E-state index contributed by atoms with van der Waals surface area (Å²) in [4.78, 5) is 26.1. The molecule has 20 heavy (non-hydrogen) atoms. The van der Waals surface area contributed by atoms with Crippen LogP contribution in [0.25, 0.3) is 0 Å². The van der Waals surface area contributed by atoms with Crippen molar-refractivity contribution in [2.75, 3.05) is 5.32 Å². The molecule has 0 bridgehead atoms. The lowest BCUT2D eigenvalue weighted by atomic mass is 10.1. The van der Waals surface area contributed by atoms with E-state index >= 15 is 0 Å². The Morgan fingerprint density at radius 3 is 2.55 bits per heavy atom. The number of benzene rings is 1. The van der Waals surface area contributed by atoms with E-state index in [1.54, 1.807) is 0 Å². The van der Waals surface area contributed by atoms with Crippen molar-refractivity contribution >= 4 is 11.6 Å². The topological polar surface area (TPSA) is 110 Å². The predicted molar refractivity (Wildman–Crippen MR) is 70.9 cm³/mol. The summed E-state index contributed by atoms with van der Waals surface area (Å²) in [6, 6.07) is 9.30. The van der Waals surface area contributed by atoms with Gasteiger partial charge in [-0.25, -0.2) is 0 Å². The number of pyridine rings is 1. The molecule has 0 atom stereocenters. The molecule has 0 radical (unpaired) electrons. The molecule has 0 fully saturated rings. The summed E-state index contributed by atoms with van der Waals surface area (Å²) in [6.07, 6.45) is 2.72. The number of anilines is 1. The van der Waals surface area contributed by atoms with E-state index in [-0.39, 0.29) is 16.7 Å². The van der Waals surface area contributed by atoms with Gasteiger partial charge in [0.1, 0.15) is 17.7 Å². The van der Waals surface area contributed by atoms with Crippen molar-refractivity contribution in [2.24, 2.45) is 0 Å². The first kappa shape index (κ1) is 13.1. The Bertz CT molecular complexity index is 809. The maximum atomic E-state index is 11.9. The fourth-order valence-corrected chi connectivity index (χ4v) is 1.60. The minimum Gasteiger partial charge on any atom is -0.367 e. The van der Waals surface area contributed by atoms with Crippen LogP contribution >= 0.6 is 0 Å². The Kier molecular flexibility index (Phi) is 3.60. The van der Waals surface area contributed by atoms with Crippen LogP contribution in [0.5, 0.6) is 0 Å². The van der Waals surface area contributed by atoms with Crippen LogP contribution in [0.1, 0.15) is 21.5 Å². The predicted octanol–water partition coefficient (Wildman–Crippen LogP) is 1.37. The second kappa shape index (κ2) is 5.51. The molecule has 0 aliphatic heterocycles. The summed E-state index contributed by atoms with van der Waals surface area (Å²) in [5.41, 5.74) is 0.287. The van der Waals surface area contributed by atoms with E-state index in [1.165, 1.54) is 36.7 Å². The number of hydrogen-bond donors (Lipinski definition) is 2. The third-order valence-corrected chi connectivity index (χ3v) is 2.59. The van der Waals surface area contributed by atoms with E-state index in [0.717, 1.165) is 0 Å². The molecule has 2 N–H and O–H groups in total. The van der Waals surface area contributed by atoms with Crippen LogP contribution < -0.4 is 10.7 Å². The summed E-state index contributed by atoms with van der Waals surface area (Å²) < 4.78 is 0. The SMILES string of the molecule is N#Cc1ccc(NC(=O)c2c[nH]ccc2=O)cc1C#N. The lowest BCUT2D eigenvalue weighted by molar-refractivity contribution is 0.102. The van der Waals surface area contributed by atoms with Gasteiger partial charge in [-0.05, 0) is 18.2 Å². The molecule has 0 aliphatic carbocycles. The lowest BCUT2D eigenvalue weighted by Crippen LogP contribution is -2.20. The number of carbonyl (C=O) groups is 1. The van der Waals surface area contributed by atoms with E-state index in [4.69, 9.17) is 10.5 Å². The van der Waals surface area contributed by atoms with Gasteiger partial charge in [0.25, 0.3) is 5.91 Å². The minimum atomic E-state index is -0.583. The molecule has 1 aromatic heterocycles. The number of aromatic amines is 1. The highest BCUT2D eigenvalue weighted by molar-refractivity contribution is 6.04. The molecule has 1 aromatic carbocycles. The molecular weight excluding hydrogens is 256 g/mol. The Hall–Kier alpha value is -3.38. The van der Waals surface area contributed by atoms with Gasteiger partial charge in [-0.1, -0.05) is 0 Å². The zero-order valence-corrected chi connectivity index (χ0v) is 10.2. The normalized spacial score (nSPS) is 9.30. The van der Waals surface area contributed by atoms with E-state index in [2.05, 4.69) is 10.3 Å². The maximum absolute atomic E-state index is 11.9. The number of nitriles is 2. The van der Waals surface area contributed by atoms with E-state index in [9.17, 15) is 9.59 Å². The molecule has 6 heteroatoms. The average molecular weight is 264 g/mol. The number of H-pyrrole nitrogens is 1. The second-order valence-electron chi connectivity index (χ2n) is 3.86. The second-order valence-corrected chi connectivity index (χ2v) is 3.86. The Morgan fingerprint density at radius 1 is 1.15 bits per heavy atom. The van der Waals surface area contributed by atoms with Crippen LogP contribution in [0.3, 0.4) is 0 Å². The van der Waals surface area contributed by atoms with Gasteiger partial charge in [-0.2, -0.15) is 10.5 Å². The molecule has 2 rings (SSSR count). The van der Waals surface area contributed by atoms with Crippen LogP contribution in [0.4, 0.5) is 5.69 Å². The Labute approximate surface area is 113 Å². The number of hydrogen-bond acceptors (Lipinski definition) is 4. The molecule has 0 saturated carbocycles. The molecular formula is C14H8N4O2. The first-order chi connectivity index (χ1) is 9.65. The van der Waals surface area contributed by atoms with Crippen molar-refractivity contribution in [1.82, 2.24) is 4.98 Å². The molecule has 0 aliphatic rings. The fraction of sp³-hybridized carbons (Fsp3) is 0. The molecule has 1 heterocycles. The number of amides is 1. The third kappa shape index (κ3) is 2.55. The summed E-state index contributed by atoms with van der Waals surface area (Å²) in [7, 11) is 0. The van der Waals surface area contributed by atoms with Crippen molar-refractivity contribution in [2.45, 2.75) is 0 Å². The van der Waals surface area contributed by atoms with Crippen molar-refractivity contribution in [3.8, 4) is 12.1 Å². The number of nitrogens with zero attached hydrogens (tertiary/aromatic N) is 2. The van der Waals surface area contributed by atoms with Crippen molar-refractivity contribution in [3.63, 3.8) is 0 Å². The van der Waals surface area contributed by atoms with Crippen molar-refractivity contribution in [1.29, 1.82) is 10.5 Å². The molecule has 2 aromatic rings. The van der Waals surface area contributed by atoms with Gasteiger partial charge in [0, 0.05) is 24.1 Å². The summed E-state index contributed by atoms with van der Waals surface area (Å²) in [6.45, 7) is 0. The van der Waals surface area contributed by atoms with Crippen LogP contribution in [-0.2, 0) is 0 Å². The van der Waals surface area contributed by atoms with Crippen molar-refractivity contribution in [3.05, 3.63) is 63.6 Å². The summed E-state index contributed by atoms with van der Waals surface area (Å²) in [5, 5.41) is 20.2. The summed E-state index contributed by atoms with van der Waals surface area (Å²) >= 11 is 0. The largest absolute Gasteiger partial charge is 0.367 e. The summed E-state index contributed by atoms with van der Waals surface area (Å²) in [5.74, 6) is -0.583. The standard InChI is InChI=1S/C14H8N4O2/c15-6-9-1-2-11(5-10(9)7-16)18-14(20)12-8-17-4-3-13(12)19/h1-5,8H,(H,17,19)(H,18,20). The van der Waals surface area contributed by atoms with Crippen LogP contribution in [-0.4, -0.2) is 10.9 Å². The molecule has 1 amide bonds. The molecule has 96 valence electrons. The zero-order valence-electron chi connectivity index (χ0n) is 10.2. The molecule has 0 saturated heterocycles. The highest BCUT2D eigenvalue weighted by atomic mass is 16.2. The molecule has 6 nitrogen and oxygen atoms in total. The molecule has 0 unspecified atom stereocenters. The third-order valence-electron chi connectivity index (χ3n) is 2.59. The van der Waals surface area contributed by atoms with Gasteiger partial charge >= 0.3 is 0 Å². The molecule has 0 spiro atoms. The number of aromatic nitrogens is 1. The van der Waals surface area contributed by atoms with E-state index in [1.807, 2.05) is 12.1 Å². The van der Waals surface area contributed by atoms with Gasteiger partial charge in [0.2, 0.25) is 0 Å². The highest BCUT2D eigenvalue weighted by Crippen LogP contribution is 2.15. The quantitative estimate of drug-likeness (QED) is 0.853. The average Bonchev–Trinajstić information content (AvgIpc) is 2.47. The highest BCUT2D eigenvalue weighted by Gasteiger charge is 2.11. The number of rotatable bonds is 2. The van der Waals surface area contributed by atoms with Crippen LogP contribution in [0.15, 0.2) is 41.5 Å². The monoisotopic (exact) mass is 264 g/mol. The smallest absolute Gasteiger partial charge is 0.261 e. The van der Waals surface area contributed by atoms with Gasteiger partial charge in [-0.15, -0.1) is 0 Å². The number of nitrogens with one attached hydrogen (secondary N) is 2. The van der Waals surface area contributed by atoms with Gasteiger partial charge in [0.15, 0.2) is 5.43 Å². The Balaban J connectivity index is 2.30. The van der Waals surface area contributed by atoms with Crippen molar-refractivity contribution < 1.29 is 4.79 Å². The van der Waals surface area contributed by atoms with Crippen LogP contribution in [0.2, 0.25) is 0 Å².